The molecule has 0 aliphatic heterocycles. The number of aromatic nitrogens is 3. The van der Waals surface area contributed by atoms with Crippen LogP contribution < -0.4 is 10.1 Å². The minimum atomic E-state index is -0.389. The first kappa shape index (κ1) is 17.6. The van der Waals surface area contributed by atoms with Crippen molar-refractivity contribution in [1.82, 2.24) is 20.1 Å². The van der Waals surface area contributed by atoms with Gasteiger partial charge in [-0.05, 0) is 30.5 Å². The molecule has 7 heteroatoms. The third-order valence-corrected chi connectivity index (χ3v) is 5.55. The summed E-state index contributed by atoms with van der Waals surface area (Å²) in [5.41, 5.74) is 1.83. The smallest absolute Gasteiger partial charge is 0.238 e. The number of ether oxygens (including phenoxy) is 1. The molecule has 1 unspecified atom stereocenters. The van der Waals surface area contributed by atoms with Gasteiger partial charge in [0.1, 0.15) is 17.3 Å². The fourth-order valence-corrected chi connectivity index (χ4v) is 3.79. The highest BCUT2D eigenvalue weighted by Crippen LogP contribution is 2.36. The number of rotatable bonds is 7. The standard InChI is InChI=1S/C20H20N4O2S/c1-26-17-9-5-8-16(12-17)24-13-21-23-20(24)27-18(14-6-3-2-4-7-14)19(25)22-15-10-11-15/h2-9,12-13,15,18H,10-11H2,1H3,(H,22,25). The Bertz CT molecular complexity index is 924. The second kappa shape index (κ2) is 7.84. The van der Waals surface area contributed by atoms with Crippen molar-refractivity contribution >= 4 is 17.7 Å². The van der Waals surface area contributed by atoms with Crippen LogP contribution in [0.2, 0.25) is 0 Å². The van der Waals surface area contributed by atoms with Gasteiger partial charge < -0.3 is 10.1 Å². The molecule has 1 aliphatic rings. The predicted molar refractivity (Wildman–Crippen MR) is 104 cm³/mol. The molecule has 1 amide bonds. The van der Waals surface area contributed by atoms with Crippen molar-refractivity contribution in [1.29, 1.82) is 0 Å². The van der Waals surface area contributed by atoms with E-state index in [0.717, 1.165) is 29.8 Å². The Morgan fingerprint density at radius 2 is 2.04 bits per heavy atom. The summed E-state index contributed by atoms with van der Waals surface area (Å²) >= 11 is 1.40. The first-order valence-corrected chi connectivity index (χ1v) is 9.69. The quantitative estimate of drug-likeness (QED) is 0.637. The zero-order valence-electron chi connectivity index (χ0n) is 14.9. The number of nitrogens with zero attached hydrogens (tertiary/aromatic N) is 3. The van der Waals surface area contributed by atoms with E-state index in [1.165, 1.54) is 11.8 Å². The number of carbonyl (C=O) groups excluding carboxylic acids is 1. The van der Waals surface area contributed by atoms with E-state index in [9.17, 15) is 4.79 Å². The van der Waals surface area contributed by atoms with Crippen molar-refractivity contribution in [3.63, 3.8) is 0 Å². The molecule has 0 radical (unpaired) electrons. The second-order valence-electron chi connectivity index (χ2n) is 6.38. The normalized spacial score (nSPS) is 14.6. The van der Waals surface area contributed by atoms with E-state index in [0.29, 0.717) is 11.2 Å². The highest BCUT2D eigenvalue weighted by Gasteiger charge is 2.30. The lowest BCUT2D eigenvalue weighted by atomic mass is 10.1. The van der Waals surface area contributed by atoms with Gasteiger partial charge in [-0.2, -0.15) is 0 Å². The highest BCUT2D eigenvalue weighted by molar-refractivity contribution is 8.00. The molecule has 3 aromatic rings. The summed E-state index contributed by atoms with van der Waals surface area (Å²) in [7, 11) is 1.63. The number of hydrogen-bond donors (Lipinski definition) is 1. The molecule has 2 aromatic carbocycles. The predicted octanol–water partition coefficient (Wildman–Crippen LogP) is 3.39. The number of carbonyl (C=O) groups is 1. The summed E-state index contributed by atoms with van der Waals surface area (Å²) in [6.07, 6.45) is 3.76. The monoisotopic (exact) mass is 380 g/mol. The maximum Gasteiger partial charge on any atom is 0.238 e. The summed E-state index contributed by atoms with van der Waals surface area (Å²) in [5, 5.41) is 11.7. The van der Waals surface area contributed by atoms with Gasteiger partial charge in [0.05, 0.1) is 12.8 Å². The summed E-state index contributed by atoms with van der Waals surface area (Å²) in [4.78, 5) is 12.9. The summed E-state index contributed by atoms with van der Waals surface area (Å²) in [6.45, 7) is 0. The lowest BCUT2D eigenvalue weighted by molar-refractivity contribution is -0.120. The molecule has 0 saturated heterocycles. The van der Waals surface area contributed by atoms with Gasteiger partial charge in [0.2, 0.25) is 5.91 Å². The molecule has 6 nitrogen and oxygen atoms in total. The molecule has 1 fully saturated rings. The van der Waals surface area contributed by atoms with Crippen LogP contribution in [-0.4, -0.2) is 33.8 Å². The largest absolute Gasteiger partial charge is 0.497 e. The average Bonchev–Trinajstić information content (AvgIpc) is 3.40. The van der Waals surface area contributed by atoms with Crippen molar-refractivity contribution in [3.8, 4) is 11.4 Å². The third-order valence-electron chi connectivity index (χ3n) is 4.34. The van der Waals surface area contributed by atoms with Crippen LogP contribution in [0.1, 0.15) is 23.7 Å². The van der Waals surface area contributed by atoms with E-state index in [2.05, 4.69) is 15.5 Å². The third kappa shape index (κ3) is 4.14. The molecular weight excluding hydrogens is 360 g/mol. The SMILES string of the molecule is COc1cccc(-n2cnnc2SC(C(=O)NC2CC2)c2ccccc2)c1. The first-order chi connectivity index (χ1) is 13.2. The van der Waals surface area contributed by atoms with Crippen LogP contribution in [0.25, 0.3) is 5.69 Å². The van der Waals surface area contributed by atoms with Crippen LogP contribution >= 0.6 is 11.8 Å². The van der Waals surface area contributed by atoms with Crippen molar-refractivity contribution < 1.29 is 9.53 Å². The van der Waals surface area contributed by atoms with Crippen LogP contribution in [0, 0.1) is 0 Å². The molecule has 138 valence electrons. The molecule has 1 atom stereocenters. The van der Waals surface area contributed by atoms with Gasteiger partial charge in [-0.1, -0.05) is 48.2 Å². The van der Waals surface area contributed by atoms with E-state index in [1.807, 2.05) is 59.2 Å². The van der Waals surface area contributed by atoms with Gasteiger partial charge >= 0.3 is 0 Å². The molecule has 4 rings (SSSR count). The van der Waals surface area contributed by atoms with E-state index >= 15 is 0 Å². The van der Waals surface area contributed by atoms with Gasteiger partial charge in [-0.3, -0.25) is 9.36 Å². The number of amides is 1. The van der Waals surface area contributed by atoms with Crippen molar-refractivity contribution in [2.45, 2.75) is 29.3 Å². The van der Waals surface area contributed by atoms with Gasteiger partial charge in [0, 0.05) is 12.1 Å². The van der Waals surface area contributed by atoms with Gasteiger partial charge in [0.15, 0.2) is 5.16 Å². The Balaban J connectivity index is 1.63. The molecule has 1 heterocycles. The van der Waals surface area contributed by atoms with Gasteiger partial charge in [-0.15, -0.1) is 10.2 Å². The van der Waals surface area contributed by atoms with E-state index in [-0.39, 0.29) is 11.2 Å². The molecule has 1 aromatic heterocycles. The molecule has 1 saturated carbocycles. The Hall–Kier alpha value is -2.80. The van der Waals surface area contributed by atoms with Gasteiger partial charge in [0.25, 0.3) is 0 Å². The lowest BCUT2D eigenvalue weighted by Gasteiger charge is -2.17. The van der Waals surface area contributed by atoms with Crippen LogP contribution in [0.5, 0.6) is 5.75 Å². The lowest BCUT2D eigenvalue weighted by Crippen LogP contribution is -2.29. The number of methoxy groups -OCH3 is 1. The molecular formula is C20H20N4O2S. The van der Waals surface area contributed by atoms with E-state index in [4.69, 9.17) is 4.74 Å². The van der Waals surface area contributed by atoms with Gasteiger partial charge in [-0.25, -0.2) is 0 Å². The zero-order chi connectivity index (χ0) is 18.6. The fraction of sp³-hybridized carbons (Fsp3) is 0.250. The van der Waals surface area contributed by atoms with E-state index in [1.54, 1.807) is 13.4 Å². The molecule has 27 heavy (non-hydrogen) atoms. The zero-order valence-corrected chi connectivity index (χ0v) is 15.7. The summed E-state index contributed by atoms with van der Waals surface area (Å²) in [5.74, 6) is 0.761. The van der Waals surface area contributed by atoms with E-state index < -0.39 is 0 Å². The fourth-order valence-electron chi connectivity index (χ4n) is 2.75. The number of hydrogen-bond acceptors (Lipinski definition) is 5. The molecule has 0 bridgehead atoms. The number of benzene rings is 2. The average molecular weight is 380 g/mol. The second-order valence-corrected chi connectivity index (χ2v) is 7.45. The minimum Gasteiger partial charge on any atom is -0.497 e. The van der Waals surface area contributed by atoms with Crippen LogP contribution in [0.4, 0.5) is 0 Å². The molecule has 1 aliphatic carbocycles. The highest BCUT2D eigenvalue weighted by atomic mass is 32.2. The van der Waals surface area contributed by atoms with Crippen LogP contribution in [-0.2, 0) is 4.79 Å². The van der Waals surface area contributed by atoms with Crippen LogP contribution in [0.3, 0.4) is 0 Å². The maximum absolute atomic E-state index is 12.9. The minimum absolute atomic E-state index is 0.00823. The van der Waals surface area contributed by atoms with Crippen LogP contribution in [0.15, 0.2) is 66.1 Å². The Kier molecular flexibility index (Phi) is 5.11. The Morgan fingerprint density at radius 1 is 1.22 bits per heavy atom. The topological polar surface area (TPSA) is 69.0 Å². The van der Waals surface area contributed by atoms with Crippen molar-refractivity contribution in [2.75, 3.05) is 7.11 Å². The molecule has 0 spiro atoms. The van der Waals surface area contributed by atoms with Crippen molar-refractivity contribution in [3.05, 3.63) is 66.5 Å². The number of thioether (sulfide) groups is 1. The van der Waals surface area contributed by atoms with Crippen molar-refractivity contribution in [2.24, 2.45) is 0 Å². The first-order valence-electron chi connectivity index (χ1n) is 8.81. The maximum atomic E-state index is 12.9. The summed E-state index contributed by atoms with van der Waals surface area (Å²) < 4.78 is 7.18. The summed E-state index contributed by atoms with van der Waals surface area (Å²) in [6, 6.07) is 17.7. The number of nitrogens with one attached hydrogen (secondary N) is 1. The Labute approximate surface area is 162 Å². The Morgan fingerprint density at radius 3 is 2.78 bits per heavy atom. The molecule has 1 N–H and O–H groups in total.